The summed E-state index contributed by atoms with van der Waals surface area (Å²) in [7, 11) is 0. The minimum absolute atomic E-state index is 0.0361. The van der Waals surface area contributed by atoms with Crippen LogP contribution in [0.25, 0.3) is 0 Å². The summed E-state index contributed by atoms with van der Waals surface area (Å²) in [5, 5.41) is 10.9. The lowest BCUT2D eigenvalue weighted by atomic mass is 9.78. The number of aromatic hydroxyl groups is 1. The molecule has 2 aromatic rings. The quantitative estimate of drug-likeness (QED) is 0.467. The number of carbonyl (C=O) groups is 1. The first-order chi connectivity index (χ1) is 14.6. The van der Waals surface area contributed by atoms with Crippen LogP contribution in [0.2, 0.25) is 0 Å². The average Bonchev–Trinajstić information content (AvgIpc) is 3.02. The lowest BCUT2D eigenvalue weighted by molar-refractivity contribution is -0.137. The fourth-order valence-corrected chi connectivity index (χ4v) is 4.22. The number of aromatic nitrogens is 1. The predicted molar refractivity (Wildman–Crippen MR) is 121 cm³/mol. The topological polar surface area (TPSA) is 53.1 Å². The first-order valence-corrected chi connectivity index (χ1v) is 11.3. The molecule has 32 heavy (non-hydrogen) atoms. The number of hydrogen-bond donors (Lipinski definition) is 2. The fourth-order valence-electron chi connectivity index (χ4n) is 4.22. The van der Waals surface area contributed by atoms with E-state index in [1.54, 1.807) is 0 Å². The number of aryl methyl sites for hydroxylation is 1. The van der Waals surface area contributed by atoms with E-state index in [0.717, 1.165) is 42.0 Å². The van der Waals surface area contributed by atoms with Crippen molar-refractivity contribution in [1.29, 1.82) is 0 Å². The van der Waals surface area contributed by atoms with E-state index in [2.05, 4.69) is 4.98 Å². The van der Waals surface area contributed by atoms with Gasteiger partial charge in [-0.05, 0) is 58.8 Å². The Balaban J connectivity index is 1.90. The Bertz CT molecular complexity index is 965. The summed E-state index contributed by atoms with van der Waals surface area (Å²) in [6.07, 6.45) is -1.59. The zero-order chi connectivity index (χ0) is 24.1. The Labute approximate surface area is 188 Å². The number of alkyl halides is 3. The molecule has 1 saturated carbocycles. The number of nitrogens with one attached hydrogen (secondary N) is 1. The molecular formula is C26H34F3NO2. The van der Waals surface area contributed by atoms with E-state index in [1.807, 2.05) is 53.7 Å². The van der Waals surface area contributed by atoms with Crippen LogP contribution >= 0.6 is 0 Å². The maximum atomic E-state index is 13.6. The first kappa shape index (κ1) is 24.4. The Kier molecular flexibility index (Phi) is 6.31. The molecule has 1 fully saturated rings. The lowest BCUT2D eigenvalue weighted by Crippen LogP contribution is -2.18. The van der Waals surface area contributed by atoms with Gasteiger partial charge in [0.15, 0.2) is 5.78 Å². The summed E-state index contributed by atoms with van der Waals surface area (Å²) < 4.78 is 40.7. The molecule has 176 valence electrons. The molecule has 1 aromatic carbocycles. The number of hydrogen-bond acceptors (Lipinski definition) is 2. The molecule has 1 heterocycles. The highest BCUT2D eigenvalue weighted by atomic mass is 19.4. The number of halogens is 3. The predicted octanol–water partition coefficient (Wildman–Crippen LogP) is 7.42. The van der Waals surface area contributed by atoms with E-state index in [-0.39, 0.29) is 34.6 Å². The molecule has 0 saturated heterocycles. The molecule has 0 unspecified atom stereocenters. The van der Waals surface area contributed by atoms with Gasteiger partial charge in [0.1, 0.15) is 5.75 Å². The SMILES string of the molecule is CC(C)(C)c1cc(CCC(=O)c2[nH]c(C3CCC3)cc2C(F)(F)F)cc(C(C)(C)C)c1O. The second kappa shape index (κ2) is 8.27. The van der Waals surface area contributed by atoms with E-state index in [1.165, 1.54) is 0 Å². The molecule has 2 N–H and O–H groups in total. The van der Waals surface area contributed by atoms with Crippen LogP contribution in [0.1, 0.15) is 112 Å². The number of benzene rings is 1. The van der Waals surface area contributed by atoms with Gasteiger partial charge in [-0.25, -0.2) is 0 Å². The van der Waals surface area contributed by atoms with Crippen LogP contribution in [-0.2, 0) is 23.4 Å². The third-order valence-corrected chi connectivity index (χ3v) is 6.39. The largest absolute Gasteiger partial charge is 0.507 e. The normalized spacial score (nSPS) is 15.7. The van der Waals surface area contributed by atoms with Crippen molar-refractivity contribution in [3.05, 3.63) is 51.8 Å². The minimum atomic E-state index is -4.57. The van der Waals surface area contributed by atoms with E-state index >= 15 is 0 Å². The van der Waals surface area contributed by atoms with Gasteiger partial charge in [0.2, 0.25) is 0 Å². The van der Waals surface area contributed by atoms with E-state index < -0.39 is 17.5 Å². The zero-order valence-corrected chi connectivity index (χ0v) is 19.8. The third-order valence-electron chi connectivity index (χ3n) is 6.39. The molecular weight excluding hydrogens is 415 g/mol. The van der Waals surface area contributed by atoms with Gasteiger partial charge in [-0.15, -0.1) is 0 Å². The number of H-pyrrole nitrogens is 1. The van der Waals surface area contributed by atoms with Crippen LogP contribution in [0.5, 0.6) is 5.75 Å². The number of rotatable bonds is 5. The van der Waals surface area contributed by atoms with Crippen molar-refractivity contribution in [2.24, 2.45) is 0 Å². The summed E-state index contributed by atoms with van der Waals surface area (Å²) in [5.74, 6) is -0.210. The Hall–Kier alpha value is -2.24. The maximum Gasteiger partial charge on any atom is 0.418 e. The highest BCUT2D eigenvalue weighted by Gasteiger charge is 2.38. The second-order valence-corrected chi connectivity index (χ2v) is 11.1. The van der Waals surface area contributed by atoms with Crippen LogP contribution < -0.4 is 0 Å². The molecule has 1 aliphatic carbocycles. The van der Waals surface area contributed by atoms with Crippen molar-refractivity contribution in [2.75, 3.05) is 0 Å². The monoisotopic (exact) mass is 449 g/mol. The third kappa shape index (κ3) is 5.05. The van der Waals surface area contributed by atoms with Gasteiger partial charge >= 0.3 is 6.18 Å². The van der Waals surface area contributed by atoms with Gasteiger partial charge in [0.25, 0.3) is 0 Å². The number of Topliss-reactive ketones (excluding diaryl/α,β-unsaturated/α-hetero) is 1. The van der Waals surface area contributed by atoms with Crippen molar-refractivity contribution < 1.29 is 23.1 Å². The van der Waals surface area contributed by atoms with Gasteiger partial charge in [-0.2, -0.15) is 13.2 Å². The highest BCUT2D eigenvalue weighted by molar-refractivity contribution is 5.96. The lowest BCUT2D eigenvalue weighted by Gasteiger charge is -2.28. The summed E-state index contributed by atoms with van der Waals surface area (Å²) in [5.41, 5.74) is 1.08. The number of phenols is 1. The van der Waals surface area contributed by atoms with Crippen LogP contribution in [-0.4, -0.2) is 15.9 Å². The molecule has 6 heteroatoms. The van der Waals surface area contributed by atoms with Crippen molar-refractivity contribution in [3.63, 3.8) is 0 Å². The van der Waals surface area contributed by atoms with Crippen molar-refractivity contribution in [1.82, 2.24) is 4.98 Å². The summed E-state index contributed by atoms with van der Waals surface area (Å²) in [4.78, 5) is 15.7. The maximum absolute atomic E-state index is 13.6. The summed E-state index contributed by atoms with van der Waals surface area (Å²) in [6, 6.07) is 4.86. The Morgan fingerprint density at radius 2 is 1.50 bits per heavy atom. The summed E-state index contributed by atoms with van der Waals surface area (Å²) in [6.45, 7) is 12.0. The van der Waals surface area contributed by atoms with E-state index in [0.29, 0.717) is 12.1 Å². The summed E-state index contributed by atoms with van der Waals surface area (Å²) >= 11 is 0. The van der Waals surface area contributed by atoms with Gasteiger partial charge in [0.05, 0.1) is 11.3 Å². The van der Waals surface area contributed by atoms with Gasteiger partial charge in [-0.3, -0.25) is 4.79 Å². The zero-order valence-electron chi connectivity index (χ0n) is 19.8. The number of aromatic amines is 1. The standard InChI is InChI=1S/C26H34F3NO2/c1-24(2,3)18-12-15(13-19(23(18)32)25(4,5)6)10-11-21(31)22-17(26(27,28)29)14-20(30-22)16-8-7-9-16/h12-14,16,30,32H,7-11H2,1-6H3. The van der Waals surface area contributed by atoms with Crippen LogP contribution in [0.3, 0.4) is 0 Å². The average molecular weight is 450 g/mol. The van der Waals surface area contributed by atoms with Gasteiger partial charge in [-0.1, -0.05) is 60.1 Å². The van der Waals surface area contributed by atoms with Crippen LogP contribution in [0.4, 0.5) is 13.2 Å². The first-order valence-electron chi connectivity index (χ1n) is 11.3. The van der Waals surface area contributed by atoms with Crippen molar-refractivity contribution in [2.45, 2.75) is 96.6 Å². The number of carbonyl (C=O) groups excluding carboxylic acids is 1. The van der Waals surface area contributed by atoms with Crippen molar-refractivity contribution >= 4 is 5.78 Å². The molecule has 0 radical (unpaired) electrons. The van der Waals surface area contributed by atoms with Crippen LogP contribution in [0.15, 0.2) is 18.2 Å². The van der Waals surface area contributed by atoms with Crippen molar-refractivity contribution in [3.8, 4) is 5.75 Å². The van der Waals surface area contributed by atoms with E-state index in [9.17, 15) is 23.1 Å². The highest BCUT2D eigenvalue weighted by Crippen LogP contribution is 2.42. The molecule has 0 bridgehead atoms. The Morgan fingerprint density at radius 3 is 1.91 bits per heavy atom. The fraction of sp³-hybridized carbons (Fsp3) is 0.577. The molecule has 1 aromatic heterocycles. The van der Waals surface area contributed by atoms with Crippen LogP contribution in [0, 0.1) is 0 Å². The smallest absolute Gasteiger partial charge is 0.418 e. The second-order valence-electron chi connectivity index (χ2n) is 11.1. The number of phenolic OH excluding ortho intramolecular Hbond substituents is 1. The molecule has 0 spiro atoms. The van der Waals surface area contributed by atoms with Gasteiger partial charge < -0.3 is 10.1 Å². The molecule has 3 rings (SSSR count). The molecule has 3 nitrogen and oxygen atoms in total. The number of ketones is 1. The molecule has 0 atom stereocenters. The molecule has 1 aliphatic rings. The molecule has 0 aliphatic heterocycles. The minimum Gasteiger partial charge on any atom is -0.507 e. The molecule has 0 amide bonds. The Morgan fingerprint density at radius 1 is 0.969 bits per heavy atom. The van der Waals surface area contributed by atoms with Gasteiger partial charge in [0, 0.05) is 12.1 Å². The van der Waals surface area contributed by atoms with E-state index in [4.69, 9.17) is 0 Å².